The Morgan fingerprint density at radius 1 is 0.609 bits per heavy atom. The quantitative estimate of drug-likeness (QED) is 0.428. The van der Waals surface area contributed by atoms with Crippen LogP contribution in [0.4, 0.5) is 0 Å². The van der Waals surface area contributed by atoms with Gasteiger partial charge in [0.25, 0.3) is 0 Å². The Morgan fingerprint density at radius 3 is 0.826 bits per heavy atom. The van der Waals surface area contributed by atoms with Crippen LogP contribution in [0.1, 0.15) is 13.3 Å². The van der Waals surface area contributed by atoms with E-state index in [0.29, 0.717) is 6.42 Å². The first-order valence-electron chi connectivity index (χ1n) is 7.68. The Bertz CT molecular complexity index is 205. The van der Waals surface area contributed by atoms with Gasteiger partial charge in [-0.1, -0.05) is 6.92 Å². The molecule has 0 aromatic heterocycles. The van der Waals surface area contributed by atoms with Crippen LogP contribution in [-0.2, 0) is 4.43 Å². The summed E-state index contributed by atoms with van der Waals surface area (Å²) in [6.07, 6.45) is 0.543. The lowest BCUT2D eigenvalue weighted by molar-refractivity contribution is -0.849. The highest BCUT2D eigenvalue weighted by atomic mass is 28.4. The SMILES string of the molecule is CCCO[Si]([O-])([O-])[O-].C[N+](C)(C)C.C[N+](C)(C)C.C[N+](C)(C)C. The lowest BCUT2D eigenvalue weighted by Crippen LogP contribution is -2.75. The highest BCUT2D eigenvalue weighted by molar-refractivity contribution is 6.42. The van der Waals surface area contributed by atoms with Crippen LogP contribution in [0.25, 0.3) is 0 Å². The molecule has 0 aromatic carbocycles. The largest absolute Gasteiger partial charge is 0.861 e. The summed E-state index contributed by atoms with van der Waals surface area (Å²) in [7, 11) is 20.6. The first-order chi connectivity index (χ1) is 9.56. The summed E-state index contributed by atoms with van der Waals surface area (Å²) in [5.74, 6) is 0. The van der Waals surface area contributed by atoms with Crippen LogP contribution in [0.2, 0.25) is 0 Å². The van der Waals surface area contributed by atoms with Crippen LogP contribution >= 0.6 is 0 Å². The molecule has 0 saturated heterocycles. The van der Waals surface area contributed by atoms with Crippen LogP contribution < -0.4 is 14.4 Å². The van der Waals surface area contributed by atoms with Crippen molar-refractivity contribution < 1.29 is 32.3 Å². The molecule has 0 unspecified atom stereocenters. The van der Waals surface area contributed by atoms with E-state index in [2.05, 4.69) is 89.0 Å². The van der Waals surface area contributed by atoms with Gasteiger partial charge in [0, 0.05) is 6.61 Å². The molecule has 0 spiro atoms. The second kappa shape index (κ2) is 13.3. The van der Waals surface area contributed by atoms with Crippen LogP contribution in [0.5, 0.6) is 0 Å². The van der Waals surface area contributed by atoms with Crippen molar-refractivity contribution in [1.82, 2.24) is 0 Å². The number of hydrogen-bond donors (Lipinski definition) is 0. The molecule has 0 amide bonds. The molecule has 0 radical (unpaired) electrons. The molecule has 8 heteroatoms. The van der Waals surface area contributed by atoms with Crippen molar-refractivity contribution in [3.05, 3.63) is 0 Å². The third-order valence-electron chi connectivity index (χ3n) is 0.483. The maximum absolute atomic E-state index is 9.67. The molecule has 0 bridgehead atoms. The minimum Gasteiger partial charge on any atom is -0.861 e. The average Bonchev–Trinajstić information content (AvgIpc) is 2.04. The van der Waals surface area contributed by atoms with E-state index in [1.165, 1.54) is 0 Å². The van der Waals surface area contributed by atoms with Crippen LogP contribution in [0.3, 0.4) is 0 Å². The van der Waals surface area contributed by atoms with E-state index in [-0.39, 0.29) is 6.61 Å². The summed E-state index contributed by atoms with van der Waals surface area (Å²) in [5.41, 5.74) is 0. The molecular formula is C15H43N3O4Si. The molecule has 0 aliphatic rings. The van der Waals surface area contributed by atoms with Gasteiger partial charge in [0.15, 0.2) is 0 Å². The summed E-state index contributed by atoms with van der Waals surface area (Å²) < 4.78 is 6.85. The van der Waals surface area contributed by atoms with Gasteiger partial charge in [0.2, 0.25) is 0 Å². The van der Waals surface area contributed by atoms with Crippen molar-refractivity contribution in [3.8, 4) is 0 Å². The predicted octanol–water partition coefficient (Wildman–Crippen LogP) is -2.10. The van der Waals surface area contributed by atoms with Crippen molar-refractivity contribution in [3.63, 3.8) is 0 Å². The van der Waals surface area contributed by atoms with E-state index in [1.807, 2.05) is 0 Å². The zero-order valence-corrected chi connectivity index (χ0v) is 18.9. The van der Waals surface area contributed by atoms with Crippen molar-refractivity contribution >= 4 is 9.05 Å². The van der Waals surface area contributed by atoms with E-state index in [9.17, 15) is 14.4 Å². The summed E-state index contributed by atoms with van der Waals surface area (Å²) in [6, 6.07) is 0. The number of rotatable bonds is 3. The lowest BCUT2D eigenvalue weighted by atomic mass is 10.5. The van der Waals surface area contributed by atoms with E-state index >= 15 is 0 Å². The Kier molecular flexibility index (Phi) is 17.7. The first-order valence-corrected chi connectivity index (χ1v) is 9.31. The molecule has 23 heavy (non-hydrogen) atoms. The molecule has 0 atom stereocenters. The molecule has 0 saturated carbocycles. The maximum Gasteiger partial charge on any atom is 0.0675 e. The van der Waals surface area contributed by atoms with Crippen LogP contribution in [-0.4, -0.2) is 114 Å². The lowest BCUT2D eigenvalue weighted by Gasteiger charge is -2.53. The minimum atomic E-state index is -4.93. The second-order valence-corrected chi connectivity index (χ2v) is 10.7. The molecule has 0 aromatic rings. The summed E-state index contributed by atoms with van der Waals surface area (Å²) >= 11 is 0. The fourth-order valence-corrected chi connectivity index (χ4v) is 0.681. The summed E-state index contributed by atoms with van der Waals surface area (Å²) in [4.78, 5) is 29.0. The van der Waals surface area contributed by atoms with Crippen LogP contribution in [0.15, 0.2) is 0 Å². The molecule has 0 rings (SSSR count). The molecular weight excluding hydrogens is 314 g/mol. The number of quaternary nitrogens is 3. The summed E-state index contributed by atoms with van der Waals surface area (Å²) in [6.45, 7) is 1.73. The van der Waals surface area contributed by atoms with Crippen molar-refractivity contribution in [1.29, 1.82) is 0 Å². The molecule has 0 fully saturated rings. The van der Waals surface area contributed by atoms with Gasteiger partial charge in [-0.25, -0.2) is 0 Å². The first kappa shape index (κ1) is 30.8. The Balaban J connectivity index is -0.000000108. The van der Waals surface area contributed by atoms with Crippen molar-refractivity contribution in [2.75, 3.05) is 91.2 Å². The zero-order chi connectivity index (χ0) is 20.1. The fourth-order valence-electron chi connectivity index (χ4n) is 0.227. The average molecular weight is 358 g/mol. The topological polar surface area (TPSA) is 78.4 Å². The second-order valence-electron chi connectivity index (χ2n) is 9.40. The maximum atomic E-state index is 9.67. The zero-order valence-electron chi connectivity index (χ0n) is 17.9. The van der Waals surface area contributed by atoms with E-state index in [4.69, 9.17) is 0 Å². The molecule has 0 aliphatic heterocycles. The van der Waals surface area contributed by atoms with Gasteiger partial charge in [-0.05, 0) is 6.42 Å². The van der Waals surface area contributed by atoms with E-state index in [0.717, 1.165) is 13.4 Å². The minimum absolute atomic E-state index is 0.00270. The van der Waals surface area contributed by atoms with Gasteiger partial charge in [0.05, 0.1) is 84.6 Å². The van der Waals surface area contributed by atoms with E-state index in [1.54, 1.807) is 6.92 Å². The smallest absolute Gasteiger partial charge is 0.0675 e. The number of nitrogens with zero attached hydrogens (tertiary/aromatic N) is 3. The fraction of sp³-hybridized carbons (Fsp3) is 1.00. The standard InChI is InChI=1S/3C4H12N.C3H7O4Si/c3*1-5(2,3)4;1-2-3-7-8(4,5)6/h3*1-4H3;2-3H2,1H3/q3*+1;-3. The predicted molar refractivity (Wildman–Crippen MR) is 93.9 cm³/mol. The van der Waals surface area contributed by atoms with Gasteiger partial charge < -0.3 is 32.3 Å². The highest BCUT2D eigenvalue weighted by Gasteiger charge is 1.89. The molecule has 0 aliphatic carbocycles. The van der Waals surface area contributed by atoms with Gasteiger partial charge in [-0.2, -0.15) is 0 Å². The van der Waals surface area contributed by atoms with Gasteiger partial charge in [0.1, 0.15) is 0 Å². The normalized spacial score (nSPS) is 12.0. The van der Waals surface area contributed by atoms with Gasteiger partial charge >= 0.3 is 0 Å². The Hall–Kier alpha value is -0.0631. The third kappa shape index (κ3) is 358. The molecule has 7 nitrogen and oxygen atoms in total. The molecule has 146 valence electrons. The van der Waals surface area contributed by atoms with Crippen molar-refractivity contribution in [2.45, 2.75) is 13.3 Å². The highest BCUT2D eigenvalue weighted by Crippen LogP contribution is 1.79. The Labute approximate surface area is 146 Å². The van der Waals surface area contributed by atoms with Crippen molar-refractivity contribution in [2.24, 2.45) is 0 Å². The monoisotopic (exact) mass is 357 g/mol. The van der Waals surface area contributed by atoms with Crippen LogP contribution in [0, 0.1) is 0 Å². The molecule has 0 N–H and O–H groups in total. The Morgan fingerprint density at radius 2 is 0.783 bits per heavy atom. The third-order valence-corrected chi connectivity index (χ3v) is 1.04. The molecule has 0 heterocycles. The van der Waals surface area contributed by atoms with Gasteiger partial charge in [-0.3, -0.25) is 0 Å². The number of hydrogen-bond acceptors (Lipinski definition) is 4. The summed E-state index contributed by atoms with van der Waals surface area (Å²) in [5, 5.41) is 0. The van der Waals surface area contributed by atoms with E-state index < -0.39 is 9.05 Å². The van der Waals surface area contributed by atoms with Gasteiger partial charge in [-0.15, -0.1) is 9.05 Å².